The molecule has 6 nitrogen and oxygen atoms in total. The molecule has 0 N–H and O–H groups in total. The van der Waals surface area contributed by atoms with Gasteiger partial charge in [0.15, 0.2) is 0 Å². The second-order valence-electron chi connectivity index (χ2n) is 6.52. The maximum Gasteiger partial charge on any atom is 0.242 e. The molecular weight excluding hydrogens is 284 g/mol. The standard InChI is InChI=1S/C16H26N2O4/c1-21-14-5-2-4-12(14)13-11-22-9-8-18(13)16(20)10-17-7-3-6-15(17)19/h12-14H,2-11H2,1H3. The summed E-state index contributed by atoms with van der Waals surface area (Å²) in [5.74, 6) is 0.516. The molecule has 0 aromatic heterocycles. The lowest BCUT2D eigenvalue weighted by atomic mass is 9.94. The SMILES string of the molecule is COC1CCCC1C1COCCN1C(=O)CN1CCCC1=O. The Morgan fingerprint density at radius 1 is 1.32 bits per heavy atom. The average Bonchev–Trinajstić information content (AvgIpc) is 3.16. The van der Waals surface area contributed by atoms with E-state index in [0.717, 1.165) is 25.7 Å². The van der Waals surface area contributed by atoms with Crippen molar-refractivity contribution in [3.8, 4) is 0 Å². The van der Waals surface area contributed by atoms with E-state index in [2.05, 4.69) is 0 Å². The lowest BCUT2D eigenvalue weighted by Gasteiger charge is -2.41. The Kier molecular flexibility index (Phi) is 4.98. The van der Waals surface area contributed by atoms with Crippen molar-refractivity contribution in [1.29, 1.82) is 0 Å². The van der Waals surface area contributed by atoms with Crippen LogP contribution in [0.1, 0.15) is 32.1 Å². The number of methoxy groups -OCH3 is 1. The summed E-state index contributed by atoms with van der Waals surface area (Å²) in [6.45, 7) is 2.73. The third kappa shape index (κ3) is 3.13. The molecule has 0 bridgehead atoms. The van der Waals surface area contributed by atoms with Crippen LogP contribution in [0.5, 0.6) is 0 Å². The zero-order chi connectivity index (χ0) is 15.5. The number of likely N-dealkylation sites (tertiary alicyclic amines) is 1. The van der Waals surface area contributed by atoms with Gasteiger partial charge < -0.3 is 19.3 Å². The highest BCUT2D eigenvalue weighted by Crippen LogP contribution is 2.34. The van der Waals surface area contributed by atoms with Crippen LogP contribution in [0.2, 0.25) is 0 Å². The Balaban J connectivity index is 1.66. The third-order valence-electron chi connectivity index (χ3n) is 5.28. The molecule has 3 atom stereocenters. The van der Waals surface area contributed by atoms with Gasteiger partial charge in [0.05, 0.1) is 31.9 Å². The fraction of sp³-hybridized carbons (Fsp3) is 0.875. The molecule has 124 valence electrons. The fourth-order valence-electron chi connectivity index (χ4n) is 4.10. The van der Waals surface area contributed by atoms with Gasteiger partial charge in [0.25, 0.3) is 0 Å². The summed E-state index contributed by atoms with van der Waals surface area (Å²) in [5.41, 5.74) is 0. The van der Waals surface area contributed by atoms with Gasteiger partial charge in [0, 0.05) is 32.5 Å². The summed E-state index contributed by atoms with van der Waals surface area (Å²) in [6, 6.07) is 0.0893. The van der Waals surface area contributed by atoms with E-state index in [9.17, 15) is 9.59 Å². The Hall–Kier alpha value is -1.14. The molecule has 2 amide bonds. The second kappa shape index (κ2) is 6.96. The highest BCUT2D eigenvalue weighted by molar-refractivity contribution is 5.86. The topological polar surface area (TPSA) is 59.1 Å². The molecule has 2 aliphatic heterocycles. The zero-order valence-corrected chi connectivity index (χ0v) is 13.3. The minimum atomic E-state index is 0.0605. The highest BCUT2D eigenvalue weighted by atomic mass is 16.5. The minimum Gasteiger partial charge on any atom is -0.381 e. The normalized spacial score (nSPS) is 32.8. The summed E-state index contributed by atoms with van der Waals surface area (Å²) < 4.78 is 11.2. The summed E-state index contributed by atoms with van der Waals surface area (Å²) in [5, 5.41) is 0. The van der Waals surface area contributed by atoms with Crippen LogP contribution < -0.4 is 0 Å². The molecule has 3 unspecified atom stereocenters. The highest BCUT2D eigenvalue weighted by Gasteiger charge is 2.40. The summed E-state index contributed by atoms with van der Waals surface area (Å²) in [6.07, 6.45) is 4.95. The lowest BCUT2D eigenvalue weighted by Crippen LogP contribution is -2.56. The number of morpholine rings is 1. The first kappa shape index (κ1) is 15.7. The van der Waals surface area contributed by atoms with E-state index in [4.69, 9.17) is 9.47 Å². The molecule has 3 fully saturated rings. The van der Waals surface area contributed by atoms with Gasteiger partial charge in [0.2, 0.25) is 11.8 Å². The quantitative estimate of drug-likeness (QED) is 0.765. The first-order valence-electron chi connectivity index (χ1n) is 8.38. The number of hydrogen-bond acceptors (Lipinski definition) is 4. The molecule has 0 aromatic rings. The molecular formula is C16H26N2O4. The predicted octanol–water partition coefficient (Wildman–Crippen LogP) is 0.651. The number of rotatable bonds is 4. The van der Waals surface area contributed by atoms with Crippen LogP contribution in [0.4, 0.5) is 0 Å². The van der Waals surface area contributed by atoms with Crippen molar-refractivity contribution < 1.29 is 19.1 Å². The first-order valence-corrected chi connectivity index (χ1v) is 8.38. The molecule has 2 heterocycles. The van der Waals surface area contributed by atoms with Gasteiger partial charge in [-0.1, -0.05) is 6.42 Å². The summed E-state index contributed by atoms with van der Waals surface area (Å²) in [4.78, 5) is 28.1. The zero-order valence-electron chi connectivity index (χ0n) is 13.3. The van der Waals surface area contributed by atoms with Crippen molar-refractivity contribution >= 4 is 11.8 Å². The Bertz CT molecular complexity index is 428. The number of ether oxygens (including phenoxy) is 2. The number of carbonyl (C=O) groups is 2. The van der Waals surface area contributed by atoms with Crippen LogP contribution in [0.15, 0.2) is 0 Å². The monoisotopic (exact) mass is 310 g/mol. The smallest absolute Gasteiger partial charge is 0.242 e. The molecule has 3 rings (SSSR count). The fourth-order valence-corrected chi connectivity index (χ4v) is 4.10. The number of hydrogen-bond donors (Lipinski definition) is 0. The molecule has 0 aromatic carbocycles. The number of carbonyl (C=O) groups excluding carboxylic acids is 2. The molecule has 22 heavy (non-hydrogen) atoms. The van der Waals surface area contributed by atoms with Crippen molar-refractivity contribution in [3.05, 3.63) is 0 Å². The van der Waals surface area contributed by atoms with E-state index in [0.29, 0.717) is 38.6 Å². The molecule has 3 aliphatic rings. The van der Waals surface area contributed by atoms with Gasteiger partial charge in [-0.3, -0.25) is 9.59 Å². The molecule has 2 saturated heterocycles. The van der Waals surface area contributed by atoms with Crippen molar-refractivity contribution in [2.24, 2.45) is 5.92 Å². The van der Waals surface area contributed by atoms with E-state index >= 15 is 0 Å². The molecule has 0 spiro atoms. The Morgan fingerprint density at radius 3 is 2.91 bits per heavy atom. The van der Waals surface area contributed by atoms with E-state index in [1.165, 1.54) is 0 Å². The van der Waals surface area contributed by atoms with Crippen LogP contribution in [-0.4, -0.2) is 73.7 Å². The predicted molar refractivity (Wildman–Crippen MR) is 80.3 cm³/mol. The Morgan fingerprint density at radius 2 is 2.18 bits per heavy atom. The van der Waals surface area contributed by atoms with Gasteiger partial charge in [-0.2, -0.15) is 0 Å². The van der Waals surface area contributed by atoms with Crippen LogP contribution >= 0.6 is 0 Å². The van der Waals surface area contributed by atoms with E-state index in [-0.39, 0.29) is 30.5 Å². The van der Waals surface area contributed by atoms with Crippen molar-refractivity contribution in [2.75, 3.05) is 40.0 Å². The van der Waals surface area contributed by atoms with Crippen LogP contribution in [0, 0.1) is 5.92 Å². The molecule has 0 radical (unpaired) electrons. The van der Waals surface area contributed by atoms with E-state index < -0.39 is 0 Å². The first-order chi connectivity index (χ1) is 10.7. The largest absolute Gasteiger partial charge is 0.381 e. The third-order valence-corrected chi connectivity index (χ3v) is 5.28. The maximum atomic E-state index is 12.7. The lowest BCUT2D eigenvalue weighted by molar-refractivity contribution is -0.148. The average molecular weight is 310 g/mol. The van der Waals surface area contributed by atoms with Crippen LogP contribution in [-0.2, 0) is 19.1 Å². The molecule has 1 aliphatic carbocycles. The van der Waals surface area contributed by atoms with Gasteiger partial charge in [-0.05, 0) is 19.3 Å². The second-order valence-corrected chi connectivity index (χ2v) is 6.52. The molecule has 1 saturated carbocycles. The van der Waals surface area contributed by atoms with E-state index in [1.54, 1.807) is 12.0 Å². The van der Waals surface area contributed by atoms with Crippen LogP contribution in [0.25, 0.3) is 0 Å². The van der Waals surface area contributed by atoms with Gasteiger partial charge >= 0.3 is 0 Å². The summed E-state index contributed by atoms with van der Waals surface area (Å²) in [7, 11) is 1.75. The minimum absolute atomic E-state index is 0.0605. The summed E-state index contributed by atoms with van der Waals surface area (Å²) >= 11 is 0. The number of amides is 2. The van der Waals surface area contributed by atoms with Gasteiger partial charge in [0.1, 0.15) is 0 Å². The van der Waals surface area contributed by atoms with Crippen LogP contribution in [0.3, 0.4) is 0 Å². The number of nitrogens with zero attached hydrogens (tertiary/aromatic N) is 2. The Labute approximate surface area is 131 Å². The maximum absolute atomic E-state index is 12.7. The van der Waals surface area contributed by atoms with Crippen molar-refractivity contribution in [1.82, 2.24) is 9.80 Å². The van der Waals surface area contributed by atoms with Gasteiger partial charge in [-0.15, -0.1) is 0 Å². The van der Waals surface area contributed by atoms with Crippen molar-refractivity contribution in [2.45, 2.75) is 44.2 Å². The molecule has 6 heteroatoms. The van der Waals surface area contributed by atoms with Crippen molar-refractivity contribution in [3.63, 3.8) is 0 Å². The van der Waals surface area contributed by atoms with E-state index in [1.807, 2.05) is 4.90 Å². The van der Waals surface area contributed by atoms with Gasteiger partial charge in [-0.25, -0.2) is 0 Å².